The van der Waals surface area contributed by atoms with Gasteiger partial charge in [0.15, 0.2) is 16.7 Å². The van der Waals surface area contributed by atoms with Gasteiger partial charge in [-0.25, -0.2) is 0 Å². The number of nitrogens with zero attached hydrogens (tertiary/aromatic N) is 4. The summed E-state index contributed by atoms with van der Waals surface area (Å²) in [6.07, 6.45) is 5.27. The zero-order chi connectivity index (χ0) is 24.1. The Balaban J connectivity index is 2.03. The fraction of sp³-hybridized carbons (Fsp3) is 0.304. The van der Waals surface area contributed by atoms with E-state index in [0.717, 1.165) is 11.3 Å². The Kier molecular flexibility index (Phi) is 7.84. The summed E-state index contributed by atoms with van der Waals surface area (Å²) >= 11 is 7.64. The van der Waals surface area contributed by atoms with E-state index < -0.39 is 5.25 Å². The molecule has 8 nitrogen and oxygen atoms in total. The largest absolute Gasteiger partial charge is 0.493 e. The minimum absolute atomic E-state index is 0.0147. The molecule has 1 atom stereocenters. The third kappa shape index (κ3) is 5.59. The molecule has 33 heavy (non-hydrogen) atoms. The summed E-state index contributed by atoms with van der Waals surface area (Å²) in [7, 11) is 1.47. The van der Waals surface area contributed by atoms with Crippen molar-refractivity contribution in [2.75, 3.05) is 20.3 Å². The quantitative estimate of drug-likeness (QED) is 0.182. The normalized spacial score (nSPS) is 11.6. The van der Waals surface area contributed by atoms with E-state index in [9.17, 15) is 10.1 Å². The van der Waals surface area contributed by atoms with Gasteiger partial charge in [-0.2, -0.15) is 0 Å². The number of rotatable bonds is 9. The van der Waals surface area contributed by atoms with Crippen molar-refractivity contribution in [3.63, 3.8) is 0 Å². The van der Waals surface area contributed by atoms with Crippen molar-refractivity contribution < 1.29 is 14.4 Å². The van der Waals surface area contributed by atoms with Gasteiger partial charge in [0.05, 0.1) is 12.1 Å². The van der Waals surface area contributed by atoms with Crippen molar-refractivity contribution in [2.24, 2.45) is 0 Å². The Labute approximate surface area is 201 Å². The van der Waals surface area contributed by atoms with Gasteiger partial charge in [-0.15, -0.1) is 16.6 Å². The minimum Gasteiger partial charge on any atom is -0.493 e. The number of nitro groups is 1. The molecule has 0 saturated carbocycles. The molecule has 1 aromatic heterocycles. The first kappa shape index (κ1) is 24.4. The number of halogens is 1. The Morgan fingerprint density at radius 2 is 2.00 bits per heavy atom. The lowest BCUT2D eigenvalue weighted by Crippen LogP contribution is -2.12. The zero-order valence-corrected chi connectivity index (χ0v) is 20.2. The van der Waals surface area contributed by atoms with Crippen LogP contribution in [0.1, 0.15) is 27.8 Å². The van der Waals surface area contributed by atoms with Crippen LogP contribution in [-0.4, -0.2) is 39.9 Å². The summed E-state index contributed by atoms with van der Waals surface area (Å²) in [5.41, 5.74) is 3.77. The molecule has 0 spiro atoms. The second kappa shape index (κ2) is 10.6. The Morgan fingerprint density at radius 1 is 1.24 bits per heavy atom. The molecule has 0 saturated heterocycles. The van der Waals surface area contributed by atoms with E-state index in [-0.39, 0.29) is 23.1 Å². The van der Waals surface area contributed by atoms with Gasteiger partial charge in [-0.1, -0.05) is 35.3 Å². The molecule has 2 aromatic carbocycles. The smallest absolute Gasteiger partial charge is 0.220 e. The highest BCUT2D eigenvalue weighted by Crippen LogP contribution is 2.43. The predicted molar refractivity (Wildman–Crippen MR) is 128 cm³/mol. The first-order valence-corrected chi connectivity index (χ1v) is 11.2. The number of ether oxygens (including phenoxy) is 2. The van der Waals surface area contributed by atoms with Crippen LogP contribution in [0.25, 0.3) is 5.69 Å². The minimum atomic E-state index is -0.609. The summed E-state index contributed by atoms with van der Waals surface area (Å²) in [5, 5.41) is 20.2. The fourth-order valence-corrected chi connectivity index (χ4v) is 4.66. The third-order valence-corrected chi connectivity index (χ3v) is 6.49. The highest BCUT2D eigenvalue weighted by molar-refractivity contribution is 7.99. The van der Waals surface area contributed by atoms with Crippen LogP contribution in [0, 0.1) is 43.2 Å². The standard InChI is InChI=1S/C23H23ClN4O4S/c1-6-9-32-22-19(24)11-17(12-20(22)31-5)21(13-27(29)30)33-23-26-25-16(4)28(23)18-8-7-14(2)15(3)10-18/h1,7-8,10-12,21H,9,13H2,2-5H3/t21-/m1/s1. The molecule has 3 rings (SSSR count). The Morgan fingerprint density at radius 3 is 2.64 bits per heavy atom. The summed E-state index contributed by atoms with van der Waals surface area (Å²) in [6, 6.07) is 9.33. The van der Waals surface area contributed by atoms with Gasteiger partial charge < -0.3 is 9.47 Å². The Hall–Kier alpha value is -3.22. The van der Waals surface area contributed by atoms with Crippen LogP contribution in [0.2, 0.25) is 5.02 Å². The van der Waals surface area contributed by atoms with Crippen molar-refractivity contribution >= 4 is 23.4 Å². The molecule has 0 unspecified atom stereocenters. The molecule has 10 heteroatoms. The molecule has 172 valence electrons. The maximum Gasteiger partial charge on any atom is 0.220 e. The van der Waals surface area contributed by atoms with E-state index in [0.29, 0.717) is 28.0 Å². The van der Waals surface area contributed by atoms with Crippen molar-refractivity contribution in [2.45, 2.75) is 31.2 Å². The summed E-state index contributed by atoms with van der Waals surface area (Å²) < 4.78 is 12.8. The lowest BCUT2D eigenvalue weighted by molar-refractivity contribution is -0.479. The molecule has 0 aliphatic heterocycles. The topological polar surface area (TPSA) is 92.3 Å². The molecular formula is C23H23ClN4O4S. The van der Waals surface area contributed by atoms with Crippen LogP contribution >= 0.6 is 23.4 Å². The number of hydrogen-bond donors (Lipinski definition) is 0. The number of terminal acetylenes is 1. The number of aromatic nitrogens is 3. The van der Waals surface area contributed by atoms with E-state index in [1.807, 2.05) is 43.5 Å². The van der Waals surface area contributed by atoms with Crippen molar-refractivity contribution in [1.82, 2.24) is 14.8 Å². The average Bonchev–Trinajstić information content (AvgIpc) is 3.13. The van der Waals surface area contributed by atoms with E-state index in [4.69, 9.17) is 27.5 Å². The first-order valence-electron chi connectivity index (χ1n) is 9.97. The van der Waals surface area contributed by atoms with Gasteiger partial charge in [-0.3, -0.25) is 14.7 Å². The lowest BCUT2D eigenvalue weighted by atomic mass is 10.1. The summed E-state index contributed by atoms with van der Waals surface area (Å²) in [4.78, 5) is 11.1. The van der Waals surface area contributed by atoms with Crippen molar-refractivity contribution in [3.8, 4) is 29.5 Å². The van der Waals surface area contributed by atoms with Crippen LogP contribution < -0.4 is 9.47 Å². The number of hydrogen-bond acceptors (Lipinski definition) is 7. The van der Waals surface area contributed by atoms with Gasteiger partial charge >= 0.3 is 0 Å². The number of thioether (sulfide) groups is 1. The predicted octanol–water partition coefficient (Wildman–Crippen LogP) is 4.98. The van der Waals surface area contributed by atoms with E-state index in [1.165, 1.54) is 24.4 Å². The summed E-state index contributed by atoms with van der Waals surface area (Å²) in [6.45, 7) is 5.56. The van der Waals surface area contributed by atoms with Crippen LogP contribution in [0.5, 0.6) is 11.5 Å². The SMILES string of the molecule is C#CCOc1c(Cl)cc([C@@H](C[N+](=O)[O-])Sc2nnc(C)n2-c2ccc(C)c(C)c2)cc1OC. The third-order valence-electron chi connectivity index (χ3n) is 5.03. The highest BCUT2D eigenvalue weighted by atomic mass is 35.5. The molecule has 3 aromatic rings. The molecule has 0 bridgehead atoms. The molecule has 0 aliphatic rings. The van der Waals surface area contributed by atoms with Crippen LogP contribution in [0.3, 0.4) is 0 Å². The monoisotopic (exact) mass is 486 g/mol. The number of methoxy groups -OCH3 is 1. The molecule has 1 heterocycles. The number of benzene rings is 2. The van der Waals surface area contributed by atoms with Crippen molar-refractivity contribution in [1.29, 1.82) is 0 Å². The second-order valence-corrected chi connectivity index (χ2v) is 8.86. The van der Waals surface area contributed by atoms with Crippen LogP contribution in [0.15, 0.2) is 35.5 Å². The Bertz CT molecular complexity index is 1220. The summed E-state index contributed by atoms with van der Waals surface area (Å²) in [5.74, 6) is 3.68. The van der Waals surface area contributed by atoms with Gasteiger partial charge in [0, 0.05) is 10.6 Å². The molecule has 0 radical (unpaired) electrons. The van der Waals surface area contributed by atoms with E-state index in [1.54, 1.807) is 12.1 Å². The fourth-order valence-electron chi connectivity index (χ4n) is 3.23. The van der Waals surface area contributed by atoms with Crippen LogP contribution in [-0.2, 0) is 0 Å². The maximum atomic E-state index is 11.5. The zero-order valence-electron chi connectivity index (χ0n) is 18.7. The molecule has 0 N–H and O–H groups in total. The first-order chi connectivity index (χ1) is 15.7. The second-order valence-electron chi connectivity index (χ2n) is 7.28. The lowest BCUT2D eigenvalue weighted by Gasteiger charge is -2.18. The average molecular weight is 487 g/mol. The molecule has 0 aliphatic carbocycles. The van der Waals surface area contributed by atoms with Crippen molar-refractivity contribution in [3.05, 3.63) is 68.0 Å². The van der Waals surface area contributed by atoms with Gasteiger partial charge in [0.2, 0.25) is 6.54 Å². The van der Waals surface area contributed by atoms with E-state index in [2.05, 4.69) is 16.1 Å². The maximum absolute atomic E-state index is 11.5. The molecular weight excluding hydrogens is 464 g/mol. The van der Waals surface area contributed by atoms with Gasteiger partial charge in [0.25, 0.3) is 0 Å². The highest BCUT2D eigenvalue weighted by Gasteiger charge is 2.26. The molecule has 0 fully saturated rings. The van der Waals surface area contributed by atoms with E-state index >= 15 is 0 Å². The van der Waals surface area contributed by atoms with Gasteiger partial charge in [0.1, 0.15) is 17.7 Å². The van der Waals surface area contributed by atoms with Crippen LogP contribution in [0.4, 0.5) is 0 Å². The molecule has 0 amide bonds. The van der Waals surface area contributed by atoms with Gasteiger partial charge in [-0.05, 0) is 61.7 Å². The number of aryl methyl sites for hydroxylation is 3.